The first-order chi connectivity index (χ1) is 11.0. The van der Waals surface area contributed by atoms with Gasteiger partial charge in [-0.3, -0.25) is 5.32 Å². The molecule has 0 aromatic heterocycles. The smallest absolute Gasteiger partial charge is 0.417 e. The second-order valence-corrected chi connectivity index (χ2v) is 5.58. The predicted molar refractivity (Wildman–Crippen MR) is 91.4 cm³/mol. The Balaban J connectivity index is 1.81. The highest BCUT2D eigenvalue weighted by Crippen LogP contribution is 2.31. The molecular formula is C18H14ClNO3. The zero-order valence-electron chi connectivity index (χ0n) is 12.3. The molecule has 5 heteroatoms. The van der Waals surface area contributed by atoms with Crippen LogP contribution in [0.25, 0.3) is 10.8 Å². The summed E-state index contributed by atoms with van der Waals surface area (Å²) in [4.78, 5) is 12.0. The summed E-state index contributed by atoms with van der Waals surface area (Å²) in [6, 6.07) is 15.8. The normalized spacial score (nSPS) is 10.5. The number of nitrogens with one attached hydrogen (secondary N) is 1. The molecular weight excluding hydrogens is 314 g/mol. The van der Waals surface area contributed by atoms with Gasteiger partial charge in [-0.05, 0) is 53.6 Å². The standard InChI is InChI=1S/C18H14ClNO3/c1-11-8-14(19)6-7-15(11)20-18(22)23-17-10-13-5-3-2-4-12(13)9-16(17)21/h2-10,21H,1H3,(H,20,22). The topological polar surface area (TPSA) is 58.6 Å². The maximum atomic E-state index is 12.0. The van der Waals surface area contributed by atoms with Gasteiger partial charge in [0.15, 0.2) is 11.5 Å². The number of rotatable bonds is 2. The fraction of sp³-hybridized carbons (Fsp3) is 0.0556. The summed E-state index contributed by atoms with van der Waals surface area (Å²) >= 11 is 5.88. The molecule has 3 rings (SSSR count). The number of amides is 1. The summed E-state index contributed by atoms with van der Waals surface area (Å²) in [5.74, 6) is 0.0134. The molecule has 0 aliphatic rings. The van der Waals surface area contributed by atoms with Crippen LogP contribution in [0.15, 0.2) is 54.6 Å². The highest BCUT2D eigenvalue weighted by atomic mass is 35.5. The largest absolute Gasteiger partial charge is 0.504 e. The Hall–Kier alpha value is -2.72. The quantitative estimate of drug-likeness (QED) is 0.687. The van der Waals surface area contributed by atoms with Crippen molar-refractivity contribution in [1.82, 2.24) is 0 Å². The summed E-state index contributed by atoms with van der Waals surface area (Å²) in [7, 11) is 0. The number of phenols is 1. The van der Waals surface area contributed by atoms with Crippen molar-refractivity contribution < 1.29 is 14.6 Å². The van der Waals surface area contributed by atoms with E-state index in [0.29, 0.717) is 10.7 Å². The van der Waals surface area contributed by atoms with E-state index in [9.17, 15) is 9.90 Å². The molecule has 3 aromatic carbocycles. The van der Waals surface area contributed by atoms with E-state index in [1.54, 1.807) is 30.3 Å². The van der Waals surface area contributed by atoms with Crippen molar-refractivity contribution in [3.05, 3.63) is 65.2 Å². The Morgan fingerprint density at radius 2 is 1.78 bits per heavy atom. The van der Waals surface area contributed by atoms with E-state index in [4.69, 9.17) is 16.3 Å². The summed E-state index contributed by atoms with van der Waals surface area (Å²) in [6.07, 6.45) is -0.680. The Morgan fingerprint density at radius 3 is 2.48 bits per heavy atom. The molecule has 0 spiro atoms. The van der Waals surface area contributed by atoms with Crippen molar-refractivity contribution >= 4 is 34.2 Å². The van der Waals surface area contributed by atoms with Crippen LogP contribution in [-0.2, 0) is 0 Å². The van der Waals surface area contributed by atoms with Gasteiger partial charge >= 0.3 is 6.09 Å². The zero-order valence-corrected chi connectivity index (χ0v) is 13.1. The van der Waals surface area contributed by atoms with Gasteiger partial charge in [0.2, 0.25) is 0 Å². The highest BCUT2D eigenvalue weighted by molar-refractivity contribution is 6.30. The molecule has 3 aromatic rings. The number of fused-ring (bicyclic) bond motifs is 1. The van der Waals surface area contributed by atoms with Crippen molar-refractivity contribution in [1.29, 1.82) is 0 Å². The lowest BCUT2D eigenvalue weighted by Crippen LogP contribution is -2.17. The van der Waals surface area contributed by atoms with E-state index in [1.807, 2.05) is 31.2 Å². The Kier molecular flexibility index (Phi) is 4.08. The molecule has 116 valence electrons. The SMILES string of the molecule is Cc1cc(Cl)ccc1NC(=O)Oc1cc2ccccc2cc1O. The van der Waals surface area contributed by atoms with Gasteiger partial charge in [0.05, 0.1) is 0 Å². The number of aromatic hydroxyl groups is 1. The van der Waals surface area contributed by atoms with Gasteiger partial charge in [-0.15, -0.1) is 0 Å². The van der Waals surface area contributed by atoms with Gasteiger partial charge in [-0.2, -0.15) is 0 Å². The molecule has 0 aliphatic heterocycles. The number of carbonyl (C=O) groups is 1. The van der Waals surface area contributed by atoms with Crippen molar-refractivity contribution in [3.8, 4) is 11.5 Å². The van der Waals surface area contributed by atoms with Gasteiger partial charge in [0.25, 0.3) is 0 Å². The van der Waals surface area contributed by atoms with Gasteiger partial charge in [0.1, 0.15) is 0 Å². The number of carbonyl (C=O) groups excluding carboxylic acids is 1. The van der Waals surface area contributed by atoms with E-state index in [1.165, 1.54) is 0 Å². The third-order valence-corrected chi connectivity index (χ3v) is 3.69. The van der Waals surface area contributed by atoms with E-state index >= 15 is 0 Å². The van der Waals surface area contributed by atoms with Gasteiger partial charge < -0.3 is 9.84 Å². The number of halogens is 1. The van der Waals surface area contributed by atoms with Crippen molar-refractivity contribution in [3.63, 3.8) is 0 Å². The van der Waals surface area contributed by atoms with Crippen molar-refractivity contribution in [2.24, 2.45) is 0 Å². The molecule has 0 unspecified atom stereocenters. The molecule has 0 fully saturated rings. The second-order valence-electron chi connectivity index (χ2n) is 5.14. The van der Waals surface area contributed by atoms with E-state index in [2.05, 4.69) is 5.32 Å². The second kappa shape index (κ2) is 6.18. The molecule has 0 heterocycles. The number of phenolic OH excluding ortho intramolecular Hbond substituents is 1. The van der Waals surface area contributed by atoms with Gasteiger partial charge in [-0.1, -0.05) is 35.9 Å². The predicted octanol–water partition coefficient (Wildman–Crippen LogP) is 5.12. The van der Waals surface area contributed by atoms with Crippen LogP contribution < -0.4 is 10.1 Å². The number of benzene rings is 3. The lowest BCUT2D eigenvalue weighted by molar-refractivity contribution is 0.213. The number of ether oxygens (including phenoxy) is 1. The molecule has 0 saturated carbocycles. The van der Waals surface area contributed by atoms with Crippen molar-refractivity contribution in [2.75, 3.05) is 5.32 Å². The first kappa shape index (κ1) is 15.2. The molecule has 23 heavy (non-hydrogen) atoms. The molecule has 0 bridgehead atoms. The van der Waals surface area contributed by atoms with Gasteiger partial charge in [0, 0.05) is 10.7 Å². The number of anilines is 1. The lowest BCUT2D eigenvalue weighted by atomic mass is 10.1. The van der Waals surface area contributed by atoms with Crippen molar-refractivity contribution in [2.45, 2.75) is 6.92 Å². The number of hydrogen-bond acceptors (Lipinski definition) is 3. The van der Waals surface area contributed by atoms with Crippen LogP contribution in [0.2, 0.25) is 5.02 Å². The molecule has 0 aliphatic carbocycles. The minimum absolute atomic E-state index is 0.0910. The Morgan fingerprint density at radius 1 is 1.09 bits per heavy atom. The average Bonchev–Trinajstić information content (AvgIpc) is 2.51. The van der Waals surface area contributed by atoms with E-state index in [-0.39, 0.29) is 11.5 Å². The maximum absolute atomic E-state index is 12.0. The molecule has 0 atom stereocenters. The minimum atomic E-state index is -0.680. The maximum Gasteiger partial charge on any atom is 0.417 e. The van der Waals surface area contributed by atoms with Crippen LogP contribution in [-0.4, -0.2) is 11.2 Å². The fourth-order valence-electron chi connectivity index (χ4n) is 2.29. The summed E-state index contributed by atoms with van der Waals surface area (Å²) < 4.78 is 5.21. The van der Waals surface area contributed by atoms with E-state index in [0.717, 1.165) is 16.3 Å². The van der Waals surface area contributed by atoms with Crippen LogP contribution in [0.5, 0.6) is 11.5 Å². The summed E-state index contributed by atoms with van der Waals surface area (Å²) in [6.45, 7) is 1.83. The van der Waals surface area contributed by atoms with Gasteiger partial charge in [-0.25, -0.2) is 4.79 Å². The minimum Gasteiger partial charge on any atom is -0.504 e. The van der Waals surface area contributed by atoms with Crippen LogP contribution in [0, 0.1) is 6.92 Å². The average molecular weight is 328 g/mol. The fourth-order valence-corrected chi connectivity index (χ4v) is 2.52. The molecule has 1 amide bonds. The monoisotopic (exact) mass is 327 g/mol. The number of hydrogen-bond donors (Lipinski definition) is 2. The first-order valence-electron chi connectivity index (χ1n) is 7.00. The summed E-state index contributed by atoms with van der Waals surface area (Å²) in [5, 5.41) is 15.0. The first-order valence-corrected chi connectivity index (χ1v) is 7.37. The Labute approximate surface area is 138 Å². The Bertz CT molecular complexity index is 893. The molecule has 0 saturated heterocycles. The van der Waals surface area contributed by atoms with Crippen LogP contribution in [0.1, 0.15) is 5.56 Å². The number of aryl methyl sites for hydroxylation is 1. The zero-order chi connectivity index (χ0) is 16.4. The molecule has 0 radical (unpaired) electrons. The van der Waals surface area contributed by atoms with Crippen LogP contribution in [0.3, 0.4) is 0 Å². The lowest BCUT2D eigenvalue weighted by Gasteiger charge is -2.11. The third-order valence-electron chi connectivity index (χ3n) is 3.46. The highest BCUT2D eigenvalue weighted by Gasteiger charge is 2.11. The molecule has 2 N–H and O–H groups in total. The molecule has 4 nitrogen and oxygen atoms in total. The summed E-state index contributed by atoms with van der Waals surface area (Å²) in [5.41, 5.74) is 1.41. The van der Waals surface area contributed by atoms with E-state index < -0.39 is 6.09 Å². The third kappa shape index (κ3) is 3.38. The van der Waals surface area contributed by atoms with Crippen LogP contribution >= 0.6 is 11.6 Å². The van der Waals surface area contributed by atoms with Crippen LogP contribution in [0.4, 0.5) is 10.5 Å².